The maximum absolute atomic E-state index is 6.26. The van der Waals surface area contributed by atoms with Gasteiger partial charge in [-0.1, -0.05) is 31.4 Å². The van der Waals surface area contributed by atoms with Crippen LogP contribution in [0.25, 0.3) is 11.4 Å². The molecule has 1 aliphatic carbocycles. The summed E-state index contributed by atoms with van der Waals surface area (Å²) in [6, 6.07) is 5.72. The molecular formula is C14H18ClN5. The lowest BCUT2D eigenvalue weighted by Gasteiger charge is -2.16. The average molecular weight is 292 g/mol. The fraction of sp³-hybridized carbons (Fsp3) is 0.500. The Morgan fingerprint density at radius 2 is 2.25 bits per heavy atom. The summed E-state index contributed by atoms with van der Waals surface area (Å²) < 4.78 is 1.90. The third-order valence-electron chi connectivity index (χ3n) is 3.84. The Balaban J connectivity index is 1.97. The van der Waals surface area contributed by atoms with E-state index in [1.54, 1.807) is 12.1 Å². The summed E-state index contributed by atoms with van der Waals surface area (Å²) in [7, 11) is 0. The molecule has 3 rings (SSSR count). The van der Waals surface area contributed by atoms with Gasteiger partial charge in [-0.15, -0.1) is 5.10 Å². The van der Waals surface area contributed by atoms with E-state index in [0.29, 0.717) is 22.6 Å². The predicted octanol–water partition coefficient (Wildman–Crippen LogP) is 3.33. The van der Waals surface area contributed by atoms with Gasteiger partial charge in [0.1, 0.15) is 0 Å². The van der Waals surface area contributed by atoms with Gasteiger partial charge in [0.05, 0.1) is 11.1 Å². The molecule has 20 heavy (non-hydrogen) atoms. The lowest BCUT2D eigenvalue weighted by molar-refractivity contribution is 0.388. The van der Waals surface area contributed by atoms with Crippen LogP contribution in [-0.2, 0) is 0 Å². The van der Waals surface area contributed by atoms with Crippen LogP contribution in [0.2, 0.25) is 5.02 Å². The van der Waals surface area contributed by atoms with E-state index in [4.69, 9.17) is 17.3 Å². The number of hydrogen-bond acceptors (Lipinski definition) is 4. The van der Waals surface area contributed by atoms with E-state index in [9.17, 15) is 0 Å². The van der Waals surface area contributed by atoms with Crippen molar-refractivity contribution in [2.75, 3.05) is 5.73 Å². The molecule has 106 valence electrons. The van der Waals surface area contributed by atoms with Gasteiger partial charge in [-0.25, -0.2) is 4.68 Å². The Morgan fingerprint density at radius 3 is 2.95 bits per heavy atom. The summed E-state index contributed by atoms with van der Waals surface area (Å²) in [5.41, 5.74) is 7.30. The summed E-state index contributed by atoms with van der Waals surface area (Å²) in [5.74, 6) is 1.53. The largest absolute Gasteiger partial charge is 0.399 e. The molecule has 6 heteroatoms. The summed E-state index contributed by atoms with van der Waals surface area (Å²) in [5, 5.41) is 12.8. The highest BCUT2D eigenvalue weighted by molar-refractivity contribution is 6.33. The van der Waals surface area contributed by atoms with Crippen molar-refractivity contribution in [3.63, 3.8) is 0 Å². The van der Waals surface area contributed by atoms with Gasteiger partial charge in [-0.3, -0.25) is 0 Å². The Morgan fingerprint density at radius 1 is 1.45 bits per heavy atom. The van der Waals surface area contributed by atoms with Crippen molar-refractivity contribution in [3.8, 4) is 11.4 Å². The summed E-state index contributed by atoms with van der Waals surface area (Å²) in [4.78, 5) is 0. The van der Waals surface area contributed by atoms with Crippen LogP contribution in [0.4, 0.5) is 5.69 Å². The monoisotopic (exact) mass is 291 g/mol. The Hall–Kier alpha value is -1.62. The number of rotatable bonds is 5. The van der Waals surface area contributed by atoms with Crippen molar-refractivity contribution in [1.82, 2.24) is 20.2 Å². The molecule has 1 unspecified atom stereocenters. The van der Waals surface area contributed by atoms with Crippen LogP contribution in [-0.4, -0.2) is 20.2 Å². The molecule has 0 bridgehead atoms. The molecule has 1 fully saturated rings. The van der Waals surface area contributed by atoms with Gasteiger partial charge in [0.15, 0.2) is 5.82 Å². The summed E-state index contributed by atoms with van der Waals surface area (Å²) in [6.45, 7) is 2.17. The summed E-state index contributed by atoms with van der Waals surface area (Å²) >= 11 is 6.26. The number of halogens is 1. The molecule has 0 saturated heterocycles. The fourth-order valence-electron chi connectivity index (χ4n) is 2.51. The number of benzene rings is 1. The molecule has 0 amide bonds. The first kappa shape index (κ1) is 13.4. The molecule has 1 aliphatic rings. The molecule has 2 aromatic rings. The van der Waals surface area contributed by atoms with Crippen LogP contribution in [0.5, 0.6) is 0 Å². The zero-order valence-electron chi connectivity index (χ0n) is 11.5. The number of nitrogens with two attached hydrogens (primary N) is 1. The highest BCUT2D eigenvalue weighted by Gasteiger charge is 2.28. The molecule has 1 heterocycles. The Bertz CT molecular complexity index is 605. The molecule has 0 spiro atoms. The van der Waals surface area contributed by atoms with Gasteiger partial charge in [-0.2, -0.15) is 0 Å². The molecule has 0 aliphatic heterocycles. The van der Waals surface area contributed by atoms with Crippen LogP contribution >= 0.6 is 11.6 Å². The second-order valence-electron chi connectivity index (χ2n) is 5.43. The minimum absolute atomic E-state index is 0.324. The molecule has 1 aromatic heterocycles. The average Bonchev–Trinajstić information content (AvgIpc) is 3.14. The van der Waals surface area contributed by atoms with Crippen molar-refractivity contribution in [2.24, 2.45) is 5.92 Å². The fourth-order valence-corrected chi connectivity index (χ4v) is 2.71. The topological polar surface area (TPSA) is 69.6 Å². The Labute approximate surface area is 123 Å². The van der Waals surface area contributed by atoms with Crippen LogP contribution in [0.3, 0.4) is 0 Å². The minimum atomic E-state index is 0.324. The predicted molar refractivity (Wildman–Crippen MR) is 79.3 cm³/mol. The molecule has 1 aromatic carbocycles. The third kappa shape index (κ3) is 2.63. The molecule has 1 atom stereocenters. The Kier molecular flexibility index (Phi) is 3.61. The van der Waals surface area contributed by atoms with Gasteiger partial charge in [0.25, 0.3) is 0 Å². The molecular weight excluding hydrogens is 274 g/mol. The van der Waals surface area contributed by atoms with E-state index in [0.717, 1.165) is 24.3 Å². The van der Waals surface area contributed by atoms with E-state index < -0.39 is 0 Å². The normalized spacial score (nSPS) is 16.3. The first-order valence-electron chi connectivity index (χ1n) is 7.02. The SMILES string of the molecule is CCC(CC1CC1)n1nnnc1-c1cc(N)ccc1Cl. The number of nitrogens with zero attached hydrogens (tertiary/aromatic N) is 4. The van der Waals surface area contributed by atoms with Crippen molar-refractivity contribution in [1.29, 1.82) is 0 Å². The first-order valence-corrected chi connectivity index (χ1v) is 7.40. The van der Waals surface area contributed by atoms with Crippen LogP contribution in [0.1, 0.15) is 38.6 Å². The molecule has 1 saturated carbocycles. The van der Waals surface area contributed by atoms with Gasteiger partial charge >= 0.3 is 0 Å². The standard InChI is InChI=1S/C14H18ClN5/c1-2-11(7-9-3-4-9)20-14(17-18-19-20)12-8-10(16)5-6-13(12)15/h5-6,8-9,11H,2-4,7,16H2,1H3. The van der Waals surface area contributed by atoms with E-state index in [-0.39, 0.29) is 0 Å². The van der Waals surface area contributed by atoms with Gasteiger partial charge < -0.3 is 5.73 Å². The molecule has 5 nitrogen and oxygen atoms in total. The number of anilines is 1. The maximum atomic E-state index is 6.26. The van der Waals surface area contributed by atoms with Crippen molar-refractivity contribution in [3.05, 3.63) is 23.2 Å². The van der Waals surface area contributed by atoms with E-state index >= 15 is 0 Å². The highest BCUT2D eigenvalue weighted by atomic mass is 35.5. The number of hydrogen-bond donors (Lipinski definition) is 1. The quantitative estimate of drug-likeness (QED) is 0.858. The highest BCUT2D eigenvalue weighted by Crippen LogP contribution is 2.39. The lowest BCUT2D eigenvalue weighted by atomic mass is 10.1. The third-order valence-corrected chi connectivity index (χ3v) is 4.17. The van der Waals surface area contributed by atoms with Crippen molar-refractivity contribution in [2.45, 2.75) is 38.6 Å². The van der Waals surface area contributed by atoms with Crippen molar-refractivity contribution >= 4 is 17.3 Å². The second-order valence-corrected chi connectivity index (χ2v) is 5.83. The number of aromatic nitrogens is 4. The van der Waals surface area contributed by atoms with Gasteiger partial charge in [0.2, 0.25) is 0 Å². The molecule has 0 radical (unpaired) electrons. The van der Waals surface area contributed by atoms with Crippen LogP contribution in [0, 0.1) is 5.92 Å². The van der Waals surface area contributed by atoms with Gasteiger partial charge in [0, 0.05) is 11.3 Å². The van der Waals surface area contributed by atoms with E-state index in [1.165, 1.54) is 12.8 Å². The lowest BCUT2D eigenvalue weighted by Crippen LogP contribution is -2.12. The smallest absolute Gasteiger partial charge is 0.183 e. The number of tetrazole rings is 1. The zero-order valence-corrected chi connectivity index (χ0v) is 12.2. The molecule has 2 N–H and O–H groups in total. The second kappa shape index (κ2) is 5.40. The van der Waals surface area contributed by atoms with E-state index in [1.807, 2.05) is 10.7 Å². The zero-order chi connectivity index (χ0) is 14.1. The maximum Gasteiger partial charge on any atom is 0.183 e. The van der Waals surface area contributed by atoms with Crippen LogP contribution in [0.15, 0.2) is 18.2 Å². The number of nitrogen functional groups attached to an aromatic ring is 1. The summed E-state index contributed by atoms with van der Waals surface area (Å²) in [6.07, 6.45) is 4.79. The van der Waals surface area contributed by atoms with Crippen LogP contribution < -0.4 is 5.73 Å². The van der Waals surface area contributed by atoms with Crippen molar-refractivity contribution < 1.29 is 0 Å². The first-order chi connectivity index (χ1) is 9.69. The van der Waals surface area contributed by atoms with E-state index in [2.05, 4.69) is 22.4 Å². The minimum Gasteiger partial charge on any atom is -0.399 e. The van der Waals surface area contributed by atoms with Gasteiger partial charge in [-0.05, 0) is 47.4 Å².